The van der Waals surface area contributed by atoms with E-state index in [9.17, 15) is 4.79 Å². The summed E-state index contributed by atoms with van der Waals surface area (Å²) in [7, 11) is -1.67. The van der Waals surface area contributed by atoms with Gasteiger partial charge in [0.05, 0.1) is 12.6 Å². The van der Waals surface area contributed by atoms with Gasteiger partial charge in [0, 0.05) is 6.21 Å². The van der Waals surface area contributed by atoms with Crippen LogP contribution in [0.3, 0.4) is 0 Å². The second kappa shape index (κ2) is 4.67. The Morgan fingerprint density at radius 2 is 2.29 bits per heavy atom. The number of hydrazine groups is 1. The molecule has 1 atom stereocenters. The molecule has 1 rings (SSSR count). The van der Waals surface area contributed by atoms with Crippen LogP contribution in [0.4, 0.5) is 0 Å². The van der Waals surface area contributed by atoms with Gasteiger partial charge in [0.1, 0.15) is 20.1 Å². The molecular formula is C8H17N3O2Si. The van der Waals surface area contributed by atoms with Gasteiger partial charge in [0.25, 0.3) is 0 Å². The SMILES string of the molecule is C[Si](C)(C)C(=O)COCC1C=NNN1. The Kier molecular flexibility index (Phi) is 3.79. The number of nitrogens with one attached hydrogen (secondary N) is 2. The lowest BCUT2D eigenvalue weighted by Crippen LogP contribution is -2.39. The third kappa shape index (κ3) is 3.57. The molecule has 0 aromatic rings. The summed E-state index contributed by atoms with van der Waals surface area (Å²) in [5.74, 6) is 0. The van der Waals surface area contributed by atoms with Crippen LogP contribution in [-0.4, -0.2) is 39.0 Å². The van der Waals surface area contributed by atoms with Gasteiger partial charge >= 0.3 is 0 Å². The van der Waals surface area contributed by atoms with Gasteiger partial charge in [-0.05, 0) is 0 Å². The molecular weight excluding hydrogens is 198 g/mol. The van der Waals surface area contributed by atoms with Gasteiger partial charge < -0.3 is 9.53 Å². The lowest BCUT2D eigenvalue weighted by atomic mass is 10.4. The molecule has 1 heterocycles. The molecule has 0 aromatic heterocycles. The highest BCUT2D eigenvalue weighted by Gasteiger charge is 2.24. The third-order valence-corrected chi connectivity index (χ3v) is 3.75. The number of hydrogen-bond donors (Lipinski definition) is 2. The molecule has 0 spiro atoms. The molecule has 0 bridgehead atoms. The Morgan fingerprint density at radius 1 is 1.57 bits per heavy atom. The van der Waals surface area contributed by atoms with E-state index in [1.807, 2.05) is 19.6 Å². The summed E-state index contributed by atoms with van der Waals surface area (Å²) in [5.41, 5.74) is 5.48. The van der Waals surface area contributed by atoms with E-state index in [1.165, 1.54) is 0 Å². The Morgan fingerprint density at radius 3 is 2.79 bits per heavy atom. The predicted octanol–water partition coefficient (Wildman–Crippen LogP) is -0.0883. The van der Waals surface area contributed by atoms with Crippen molar-refractivity contribution in [3.05, 3.63) is 0 Å². The minimum Gasteiger partial charge on any atom is -0.372 e. The van der Waals surface area contributed by atoms with Crippen molar-refractivity contribution >= 4 is 19.7 Å². The van der Waals surface area contributed by atoms with E-state index in [-0.39, 0.29) is 18.1 Å². The normalized spacial score (nSPS) is 20.9. The molecule has 1 unspecified atom stereocenters. The number of rotatable bonds is 5. The molecule has 14 heavy (non-hydrogen) atoms. The van der Waals surface area contributed by atoms with Gasteiger partial charge in [0.15, 0.2) is 0 Å². The van der Waals surface area contributed by atoms with E-state index < -0.39 is 8.07 Å². The van der Waals surface area contributed by atoms with Crippen LogP contribution in [0.2, 0.25) is 19.6 Å². The summed E-state index contributed by atoms with van der Waals surface area (Å²) in [5, 5.41) is 4.02. The van der Waals surface area contributed by atoms with Crippen molar-refractivity contribution in [3.8, 4) is 0 Å². The first-order valence-corrected chi connectivity index (χ1v) is 8.15. The van der Waals surface area contributed by atoms with E-state index >= 15 is 0 Å². The highest BCUT2D eigenvalue weighted by Crippen LogP contribution is 2.02. The molecule has 0 saturated heterocycles. The average molecular weight is 215 g/mol. The smallest absolute Gasteiger partial charge is 0.136 e. The van der Waals surface area contributed by atoms with E-state index in [1.54, 1.807) is 6.21 Å². The Labute approximate surface area is 84.9 Å². The Bertz CT molecular complexity index is 237. The van der Waals surface area contributed by atoms with Crippen molar-refractivity contribution in [3.63, 3.8) is 0 Å². The van der Waals surface area contributed by atoms with Crippen LogP contribution in [0.5, 0.6) is 0 Å². The summed E-state index contributed by atoms with van der Waals surface area (Å²) in [6.45, 7) is 6.77. The fourth-order valence-corrected chi connectivity index (χ4v) is 1.40. The molecule has 0 fully saturated rings. The minimum absolute atomic E-state index is 0.0736. The lowest BCUT2D eigenvalue weighted by Gasteiger charge is -2.14. The number of carbonyl (C=O) groups is 1. The summed E-state index contributed by atoms with van der Waals surface area (Å²) >= 11 is 0. The van der Waals surface area contributed by atoms with Crippen molar-refractivity contribution < 1.29 is 9.53 Å². The van der Waals surface area contributed by atoms with Crippen molar-refractivity contribution in [2.75, 3.05) is 13.2 Å². The standard InChI is InChI=1S/C8H17N3O2Si/c1-14(2,3)8(12)6-13-5-7-4-9-11-10-7/h4,7,10-11H,5-6H2,1-3H3. The zero-order chi connectivity index (χ0) is 10.6. The first-order valence-electron chi connectivity index (χ1n) is 4.65. The highest BCUT2D eigenvalue weighted by atomic mass is 28.3. The largest absolute Gasteiger partial charge is 0.372 e. The van der Waals surface area contributed by atoms with Gasteiger partial charge in [-0.3, -0.25) is 0 Å². The minimum atomic E-state index is -1.67. The first kappa shape index (κ1) is 11.4. The van der Waals surface area contributed by atoms with Crippen LogP contribution >= 0.6 is 0 Å². The van der Waals surface area contributed by atoms with E-state index in [0.29, 0.717) is 6.61 Å². The maximum absolute atomic E-state index is 11.5. The summed E-state index contributed by atoms with van der Waals surface area (Å²) in [4.78, 5) is 11.5. The number of hydrogen-bond acceptors (Lipinski definition) is 5. The molecule has 0 saturated carbocycles. The van der Waals surface area contributed by atoms with E-state index in [4.69, 9.17) is 4.74 Å². The fourth-order valence-electron chi connectivity index (χ4n) is 0.864. The molecule has 2 N–H and O–H groups in total. The van der Waals surface area contributed by atoms with Gasteiger partial charge in [-0.25, -0.2) is 11.0 Å². The summed E-state index contributed by atoms with van der Waals surface area (Å²) in [6, 6.07) is 0.0736. The topological polar surface area (TPSA) is 62.7 Å². The van der Waals surface area contributed by atoms with Gasteiger partial charge in [-0.15, -0.1) is 0 Å². The summed E-state index contributed by atoms with van der Waals surface area (Å²) < 4.78 is 5.30. The molecule has 0 aliphatic carbocycles. The number of ether oxygens (including phenoxy) is 1. The van der Waals surface area contributed by atoms with Crippen molar-refractivity contribution in [2.24, 2.45) is 5.10 Å². The molecule has 0 aromatic carbocycles. The van der Waals surface area contributed by atoms with Crippen LogP contribution in [-0.2, 0) is 9.53 Å². The van der Waals surface area contributed by atoms with Gasteiger partial charge in [-0.2, -0.15) is 5.10 Å². The van der Waals surface area contributed by atoms with Crippen molar-refractivity contribution in [2.45, 2.75) is 25.7 Å². The van der Waals surface area contributed by atoms with Gasteiger partial charge in [-0.1, -0.05) is 19.6 Å². The molecule has 0 amide bonds. The number of hydrazone groups is 1. The molecule has 5 nitrogen and oxygen atoms in total. The maximum Gasteiger partial charge on any atom is 0.136 e. The third-order valence-electron chi connectivity index (χ3n) is 1.94. The van der Waals surface area contributed by atoms with Gasteiger partial charge in [0.2, 0.25) is 0 Å². The van der Waals surface area contributed by atoms with Crippen molar-refractivity contribution in [1.29, 1.82) is 0 Å². The molecule has 6 heteroatoms. The van der Waals surface area contributed by atoms with Crippen LogP contribution < -0.4 is 11.0 Å². The van der Waals surface area contributed by atoms with Crippen LogP contribution in [0.25, 0.3) is 0 Å². The lowest BCUT2D eigenvalue weighted by molar-refractivity contribution is -0.117. The predicted molar refractivity (Wildman–Crippen MR) is 57.7 cm³/mol. The average Bonchev–Trinajstić information content (AvgIpc) is 2.55. The molecule has 0 radical (unpaired) electrons. The van der Waals surface area contributed by atoms with Crippen LogP contribution in [0, 0.1) is 0 Å². The second-order valence-corrected chi connectivity index (χ2v) is 9.39. The van der Waals surface area contributed by atoms with Crippen LogP contribution in [0.1, 0.15) is 0 Å². The zero-order valence-corrected chi connectivity index (χ0v) is 9.83. The number of carbonyl (C=O) groups excluding carboxylic acids is 1. The first-order chi connectivity index (χ1) is 6.50. The molecule has 1 aliphatic heterocycles. The van der Waals surface area contributed by atoms with E-state index in [0.717, 1.165) is 0 Å². The monoisotopic (exact) mass is 215 g/mol. The fraction of sp³-hybridized carbons (Fsp3) is 0.750. The highest BCUT2D eigenvalue weighted by molar-refractivity contribution is 7.03. The maximum atomic E-state index is 11.5. The van der Waals surface area contributed by atoms with E-state index in [2.05, 4.69) is 16.1 Å². The van der Waals surface area contributed by atoms with Crippen LogP contribution in [0.15, 0.2) is 5.10 Å². The zero-order valence-electron chi connectivity index (χ0n) is 8.83. The Hall–Kier alpha value is -0.723. The Balaban J connectivity index is 2.15. The quantitative estimate of drug-likeness (QED) is 0.629. The van der Waals surface area contributed by atoms with Crippen molar-refractivity contribution in [1.82, 2.24) is 11.0 Å². The number of nitrogens with zero attached hydrogens (tertiary/aromatic N) is 1. The molecule has 1 aliphatic rings. The molecule has 80 valence electrons. The summed E-state index contributed by atoms with van der Waals surface area (Å²) in [6.07, 6.45) is 1.72. The second-order valence-electron chi connectivity index (χ2n) is 4.33.